The van der Waals surface area contributed by atoms with E-state index < -0.39 is 5.97 Å². The van der Waals surface area contributed by atoms with Crippen LogP contribution < -0.4 is 9.47 Å². The van der Waals surface area contributed by atoms with Crippen LogP contribution in [-0.4, -0.2) is 12.6 Å². The van der Waals surface area contributed by atoms with Gasteiger partial charge >= 0.3 is 5.97 Å². The predicted octanol–water partition coefficient (Wildman–Crippen LogP) is 4.94. The number of carbonyl (C=O) groups is 1. The van der Waals surface area contributed by atoms with Gasteiger partial charge in [0.25, 0.3) is 0 Å². The molecule has 0 heterocycles. The Morgan fingerprint density at radius 2 is 1.77 bits per heavy atom. The summed E-state index contributed by atoms with van der Waals surface area (Å²) in [5.74, 6) is 0.882. The Morgan fingerprint density at radius 1 is 1.08 bits per heavy atom. The number of esters is 1. The molecule has 0 N–H and O–H groups in total. The summed E-state index contributed by atoms with van der Waals surface area (Å²) in [7, 11) is 0. The summed E-state index contributed by atoms with van der Waals surface area (Å²) in [6.45, 7) is 2.84. The maximum Gasteiger partial charge on any atom is 0.336 e. The summed E-state index contributed by atoms with van der Waals surface area (Å²) in [5, 5.41) is 8.58. The van der Waals surface area contributed by atoms with Gasteiger partial charge in [-0.15, -0.1) is 0 Å². The highest BCUT2D eigenvalue weighted by Crippen LogP contribution is 2.15. The van der Waals surface area contributed by atoms with Gasteiger partial charge in [-0.2, -0.15) is 5.26 Å². The Labute approximate surface area is 154 Å². The summed E-state index contributed by atoms with van der Waals surface area (Å²) in [6.07, 6.45) is 6.42. The van der Waals surface area contributed by atoms with Crippen molar-refractivity contribution in [2.24, 2.45) is 0 Å². The van der Waals surface area contributed by atoms with Crippen molar-refractivity contribution in [1.29, 1.82) is 5.26 Å². The molecule has 0 aliphatic rings. The molecule has 0 atom stereocenters. The lowest BCUT2D eigenvalue weighted by Crippen LogP contribution is -2.03. The Bertz CT molecular complexity index is 755. The lowest BCUT2D eigenvalue weighted by Gasteiger charge is -2.05. The van der Waals surface area contributed by atoms with E-state index in [1.807, 2.05) is 36.4 Å². The fourth-order valence-electron chi connectivity index (χ4n) is 2.25. The highest BCUT2D eigenvalue weighted by atomic mass is 16.5. The molecule has 26 heavy (non-hydrogen) atoms. The second kappa shape index (κ2) is 10.7. The summed E-state index contributed by atoms with van der Waals surface area (Å²) < 4.78 is 10.9. The first-order valence-corrected chi connectivity index (χ1v) is 8.80. The molecule has 0 bridgehead atoms. The van der Waals surface area contributed by atoms with Crippen molar-refractivity contribution in [3.63, 3.8) is 0 Å². The first kappa shape index (κ1) is 19.3. The van der Waals surface area contributed by atoms with Crippen molar-refractivity contribution in [3.05, 3.63) is 65.7 Å². The van der Waals surface area contributed by atoms with Crippen LogP contribution >= 0.6 is 0 Å². The van der Waals surface area contributed by atoms with Crippen molar-refractivity contribution in [3.8, 4) is 17.6 Å². The number of nitrogens with zero attached hydrogens (tertiary/aromatic N) is 1. The Morgan fingerprint density at radius 3 is 2.42 bits per heavy atom. The fraction of sp³-hybridized carbons (Fsp3) is 0.273. The van der Waals surface area contributed by atoms with Gasteiger partial charge in [0.1, 0.15) is 11.5 Å². The highest BCUT2D eigenvalue weighted by Gasteiger charge is 2.01. The van der Waals surface area contributed by atoms with Gasteiger partial charge in [-0.05, 0) is 54.3 Å². The summed E-state index contributed by atoms with van der Waals surface area (Å²) >= 11 is 0. The van der Waals surface area contributed by atoms with Crippen molar-refractivity contribution in [2.45, 2.75) is 32.6 Å². The van der Waals surface area contributed by atoms with Gasteiger partial charge in [-0.1, -0.05) is 37.6 Å². The Kier molecular flexibility index (Phi) is 7.95. The van der Waals surface area contributed by atoms with E-state index in [2.05, 4.69) is 13.0 Å². The van der Waals surface area contributed by atoms with Crippen LogP contribution in [0.2, 0.25) is 0 Å². The molecule has 0 unspecified atom stereocenters. The fourth-order valence-corrected chi connectivity index (χ4v) is 2.25. The number of nitriles is 1. The number of ether oxygens (including phenoxy) is 2. The molecule has 2 rings (SSSR count). The predicted molar refractivity (Wildman–Crippen MR) is 102 cm³/mol. The number of benzene rings is 2. The topological polar surface area (TPSA) is 59.3 Å². The Balaban J connectivity index is 1.84. The van der Waals surface area contributed by atoms with Crippen LogP contribution in [0.1, 0.15) is 37.3 Å². The molecule has 0 spiro atoms. The number of aryl methyl sites for hydroxylation is 1. The monoisotopic (exact) mass is 349 g/mol. The molecule has 4 heteroatoms. The zero-order valence-corrected chi connectivity index (χ0v) is 15.0. The number of hydrogen-bond donors (Lipinski definition) is 0. The van der Waals surface area contributed by atoms with Gasteiger partial charge in [-0.3, -0.25) is 0 Å². The van der Waals surface area contributed by atoms with E-state index >= 15 is 0 Å². The molecular weight excluding hydrogens is 326 g/mol. The van der Waals surface area contributed by atoms with Crippen LogP contribution in [0.25, 0.3) is 6.08 Å². The zero-order chi connectivity index (χ0) is 18.6. The number of unbranched alkanes of at least 4 members (excludes halogenated alkanes) is 1. The lowest BCUT2D eigenvalue weighted by molar-refractivity contribution is -0.128. The number of carbonyl (C=O) groups excluding carboxylic acids is 1. The molecule has 2 aromatic rings. The van der Waals surface area contributed by atoms with Crippen LogP contribution in [-0.2, 0) is 11.2 Å². The molecule has 0 saturated carbocycles. The second-order valence-electron chi connectivity index (χ2n) is 5.83. The molecule has 0 radical (unpaired) electrons. The van der Waals surface area contributed by atoms with Crippen LogP contribution in [0.4, 0.5) is 0 Å². The van der Waals surface area contributed by atoms with Crippen LogP contribution in [0.3, 0.4) is 0 Å². The summed E-state index contributed by atoms with van der Waals surface area (Å²) in [5.41, 5.74) is 1.94. The minimum atomic E-state index is -0.432. The van der Waals surface area contributed by atoms with E-state index in [-0.39, 0.29) is 0 Å². The molecule has 0 aliphatic carbocycles. The summed E-state index contributed by atoms with van der Waals surface area (Å²) in [4.78, 5) is 11.9. The van der Waals surface area contributed by atoms with Crippen molar-refractivity contribution in [1.82, 2.24) is 0 Å². The van der Waals surface area contributed by atoms with Gasteiger partial charge in [0.05, 0.1) is 12.7 Å². The molecule has 0 aliphatic heterocycles. The van der Waals surface area contributed by atoms with Gasteiger partial charge in [-0.25, -0.2) is 4.79 Å². The van der Waals surface area contributed by atoms with Crippen LogP contribution in [0.15, 0.2) is 54.6 Å². The molecule has 0 fully saturated rings. The average Bonchev–Trinajstić information content (AvgIpc) is 2.67. The minimum Gasteiger partial charge on any atom is -0.494 e. The maximum atomic E-state index is 11.9. The van der Waals surface area contributed by atoms with E-state index in [9.17, 15) is 4.79 Å². The van der Waals surface area contributed by atoms with Gasteiger partial charge < -0.3 is 9.47 Å². The third-order valence-corrected chi connectivity index (χ3v) is 3.73. The van der Waals surface area contributed by atoms with Crippen molar-refractivity contribution < 1.29 is 14.3 Å². The molecule has 4 nitrogen and oxygen atoms in total. The molecule has 0 saturated heterocycles. The quantitative estimate of drug-likeness (QED) is 0.278. The number of hydrogen-bond acceptors (Lipinski definition) is 4. The first-order valence-electron chi connectivity index (χ1n) is 8.80. The van der Waals surface area contributed by atoms with E-state index in [1.165, 1.54) is 6.08 Å². The van der Waals surface area contributed by atoms with Crippen molar-refractivity contribution in [2.75, 3.05) is 6.61 Å². The third kappa shape index (κ3) is 6.82. The van der Waals surface area contributed by atoms with Crippen molar-refractivity contribution >= 4 is 12.0 Å². The standard InChI is InChI=1S/C22H23NO3/c1-2-3-17-25-20-11-6-19(7-12-20)10-15-22(24)26-21-13-8-18(9-14-21)5-4-16-23/h6-15H,2-5,17H2,1H3/b15-10+. The van der Waals surface area contributed by atoms with E-state index in [0.717, 1.165) is 29.7 Å². The molecule has 134 valence electrons. The van der Waals surface area contributed by atoms with E-state index in [0.29, 0.717) is 25.2 Å². The Hall–Kier alpha value is -3.06. The average molecular weight is 349 g/mol. The normalized spacial score (nSPS) is 10.5. The number of rotatable bonds is 9. The summed E-state index contributed by atoms with van der Waals surface area (Å²) in [6, 6.07) is 16.9. The smallest absolute Gasteiger partial charge is 0.336 e. The van der Waals surface area contributed by atoms with Crippen LogP contribution in [0.5, 0.6) is 11.5 Å². The molecular formula is C22H23NO3. The van der Waals surface area contributed by atoms with Gasteiger partial charge in [0.15, 0.2) is 0 Å². The van der Waals surface area contributed by atoms with E-state index in [1.54, 1.807) is 18.2 Å². The maximum absolute atomic E-state index is 11.9. The zero-order valence-electron chi connectivity index (χ0n) is 15.0. The second-order valence-corrected chi connectivity index (χ2v) is 5.83. The highest BCUT2D eigenvalue weighted by molar-refractivity contribution is 5.88. The largest absolute Gasteiger partial charge is 0.494 e. The lowest BCUT2D eigenvalue weighted by atomic mass is 10.1. The molecule has 2 aromatic carbocycles. The molecule has 0 amide bonds. The molecule has 0 aromatic heterocycles. The van der Waals surface area contributed by atoms with E-state index in [4.69, 9.17) is 14.7 Å². The first-order chi connectivity index (χ1) is 12.7. The SMILES string of the molecule is CCCCOc1ccc(/C=C/C(=O)Oc2ccc(CCC#N)cc2)cc1. The minimum absolute atomic E-state index is 0.432. The third-order valence-electron chi connectivity index (χ3n) is 3.73. The van der Waals surface area contributed by atoms with Gasteiger partial charge in [0, 0.05) is 12.5 Å². The van der Waals surface area contributed by atoms with Gasteiger partial charge in [0.2, 0.25) is 0 Å². The van der Waals surface area contributed by atoms with Crippen LogP contribution in [0, 0.1) is 11.3 Å².